The SMILES string of the molecule is CC(C)(C)OC(=O)N1CCC(Oc2ccc([C@@H]3c4ccc(OC(C)(C)C)cc4CC[C@@H]3c3ccccc3)cc2)CC1. The number of rotatable bonds is 5. The molecule has 5 nitrogen and oxygen atoms in total. The van der Waals surface area contributed by atoms with Crippen LogP contribution in [0.25, 0.3) is 0 Å². The smallest absolute Gasteiger partial charge is 0.410 e. The molecule has 0 aromatic heterocycles. The summed E-state index contributed by atoms with van der Waals surface area (Å²) in [6.07, 6.45) is 3.58. The summed E-state index contributed by atoms with van der Waals surface area (Å²) in [5.74, 6) is 2.48. The van der Waals surface area contributed by atoms with Crippen molar-refractivity contribution in [3.63, 3.8) is 0 Å². The van der Waals surface area contributed by atoms with Crippen LogP contribution in [-0.2, 0) is 11.2 Å². The zero-order valence-corrected chi connectivity index (χ0v) is 25.5. The second kappa shape index (κ2) is 11.8. The van der Waals surface area contributed by atoms with Crippen LogP contribution in [0.15, 0.2) is 72.8 Å². The first kappa shape index (κ1) is 29.0. The maximum absolute atomic E-state index is 12.4. The highest BCUT2D eigenvalue weighted by Crippen LogP contribution is 2.47. The molecule has 5 heteroatoms. The summed E-state index contributed by atoms with van der Waals surface area (Å²) in [5, 5.41) is 0. The molecule has 1 heterocycles. The summed E-state index contributed by atoms with van der Waals surface area (Å²) in [7, 11) is 0. The first-order valence-electron chi connectivity index (χ1n) is 15.1. The molecule has 3 aromatic rings. The van der Waals surface area contributed by atoms with Crippen LogP contribution in [0.3, 0.4) is 0 Å². The largest absolute Gasteiger partial charge is 0.490 e. The molecule has 1 aliphatic heterocycles. The third-order valence-corrected chi connectivity index (χ3v) is 7.86. The molecule has 1 fully saturated rings. The molecular weight excluding hydrogens is 510 g/mol. The fraction of sp³-hybridized carbons (Fsp3) is 0.472. The van der Waals surface area contributed by atoms with Crippen molar-refractivity contribution < 1.29 is 19.0 Å². The summed E-state index contributed by atoms with van der Waals surface area (Å²) in [4.78, 5) is 14.2. The first-order valence-corrected chi connectivity index (χ1v) is 15.1. The van der Waals surface area contributed by atoms with E-state index in [1.54, 1.807) is 4.90 Å². The Kier molecular flexibility index (Phi) is 8.35. The lowest BCUT2D eigenvalue weighted by molar-refractivity contribution is 0.0126. The topological polar surface area (TPSA) is 48.0 Å². The van der Waals surface area contributed by atoms with Crippen molar-refractivity contribution in [2.45, 2.75) is 96.4 Å². The van der Waals surface area contributed by atoms with Crippen LogP contribution < -0.4 is 9.47 Å². The molecule has 1 aliphatic carbocycles. The van der Waals surface area contributed by atoms with Gasteiger partial charge in [-0.1, -0.05) is 48.5 Å². The molecule has 0 unspecified atom stereocenters. The van der Waals surface area contributed by atoms with Crippen LogP contribution in [0.4, 0.5) is 4.79 Å². The molecule has 0 spiro atoms. The number of hydrogen-bond acceptors (Lipinski definition) is 4. The van der Waals surface area contributed by atoms with Gasteiger partial charge in [-0.3, -0.25) is 0 Å². The Hall–Kier alpha value is -3.47. The van der Waals surface area contributed by atoms with Gasteiger partial charge in [0.15, 0.2) is 0 Å². The highest BCUT2D eigenvalue weighted by Gasteiger charge is 2.33. The molecular formula is C36H45NO4. The minimum atomic E-state index is -0.479. The van der Waals surface area contributed by atoms with E-state index in [1.165, 1.54) is 22.3 Å². The Balaban J connectivity index is 1.32. The van der Waals surface area contributed by atoms with E-state index in [1.807, 2.05) is 20.8 Å². The average molecular weight is 556 g/mol. The van der Waals surface area contributed by atoms with Gasteiger partial charge < -0.3 is 19.1 Å². The van der Waals surface area contributed by atoms with Crippen LogP contribution in [0.5, 0.6) is 11.5 Å². The number of likely N-dealkylation sites (tertiary alicyclic amines) is 1. The second-order valence-electron chi connectivity index (χ2n) is 13.5. The number of fused-ring (bicyclic) bond motifs is 1. The fourth-order valence-electron chi connectivity index (χ4n) is 6.11. The molecule has 0 radical (unpaired) electrons. The van der Waals surface area contributed by atoms with Crippen molar-refractivity contribution in [3.8, 4) is 11.5 Å². The number of nitrogens with zero attached hydrogens (tertiary/aromatic N) is 1. The van der Waals surface area contributed by atoms with Crippen molar-refractivity contribution >= 4 is 6.09 Å². The third-order valence-electron chi connectivity index (χ3n) is 7.86. The Morgan fingerprint density at radius 2 is 1.41 bits per heavy atom. The summed E-state index contributed by atoms with van der Waals surface area (Å²) in [6.45, 7) is 13.3. The van der Waals surface area contributed by atoms with Gasteiger partial charge in [-0.2, -0.15) is 0 Å². The van der Waals surface area contributed by atoms with Crippen LogP contribution in [0.1, 0.15) is 94.9 Å². The van der Waals surface area contributed by atoms with Crippen molar-refractivity contribution in [1.82, 2.24) is 4.90 Å². The molecule has 5 rings (SSSR count). The lowest BCUT2D eigenvalue weighted by Crippen LogP contribution is -2.44. The van der Waals surface area contributed by atoms with Gasteiger partial charge in [0.1, 0.15) is 28.8 Å². The first-order chi connectivity index (χ1) is 19.4. The van der Waals surface area contributed by atoms with Crippen molar-refractivity contribution in [1.29, 1.82) is 0 Å². The maximum Gasteiger partial charge on any atom is 0.410 e. The lowest BCUT2D eigenvalue weighted by Gasteiger charge is -2.35. The predicted molar refractivity (Wildman–Crippen MR) is 164 cm³/mol. The number of ether oxygens (including phenoxy) is 3. The molecule has 0 saturated carbocycles. The van der Waals surface area contributed by atoms with Crippen molar-refractivity contribution in [2.24, 2.45) is 0 Å². The lowest BCUT2D eigenvalue weighted by atomic mass is 9.69. The number of benzene rings is 3. The molecule has 3 aromatic carbocycles. The number of piperidine rings is 1. The monoisotopic (exact) mass is 555 g/mol. The van der Waals surface area contributed by atoms with Gasteiger partial charge >= 0.3 is 6.09 Å². The van der Waals surface area contributed by atoms with Crippen LogP contribution in [0, 0.1) is 0 Å². The van der Waals surface area contributed by atoms with E-state index in [4.69, 9.17) is 14.2 Å². The minimum absolute atomic E-state index is 0.0910. The Bertz CT molecular complexity index is 1310. The van der Waals surface area contributed by atoms with Crippen LogP contribution in [0.2, 0.25) is 0 Å². The fourth-order valence-corrected chi connectivity index (χ4v) is 6.11. The van der Waals surface area contributed by atoms with Crippen molar-refractivity contribution in [3.05, 3.63) is 95.1 Å². The van der Waals surface area contributed by atoms with Gasteiger partial charge in [0, 0.05) is 31.8 Å². The van der Waals surface area contributed by atoms with E-state index in [-0.39, 0.29) is 23.7 Å². The van der Waals surface area contributed by atoms with Gasteiger partial charge in [-0.15, -0.1) is 0 Å². The van der Waals surface area contributed by atoms with Crippen LogP contribution >= 0.6 is 0 Å². The maximum atomic E-state index is 12.4. The van der Waals surface area contributed by atoms with E-state index in [2.05, 4.69) is 93.6 Å². The molecule has 0 bridgehead atoms. The van der Waals surface area contributed by atoms with E-state index in [0.717, 1.165) is 37.2 Å². The van der Waals surface area contributed by atoms with E-state index >= 15 is 0 Å². The standard InChI is InChI=1S/C36H45NO4/c1-35(2,3)40-30-17-19-32-27(24-30)14-18-31(25-10-8-7-9-11-25)33(32)26-12-15-28(16-13-26)39-29-20-22-37(23-21-29)34(38)41-36(4,5)6/h7-13,15-17,19,24,29,31,33H,14,18,20-23H2,1-6H3/t31-,33+/m1/s1. The Morgan fingerprint density at radius 3 is 2.05 bits per heavy atom. The Labute approximate surface area is 245 Å². The second-order valence-corrected chi connectivity index (χ2v) is 13.5. The quantitative estimate of drug-likeness (QED) is 0.317. The molecule has 218 valence electrons. The summed E-state index contributed by atoms with van der Waals surface area (Å²) >= 11 is 0. The molecule has 41 heavy (non-hydrogen) atoms. The number of carbonyl (C=O) groups is 1. The zero-order valence-electron chi connectivity index (χ0n) is 25.5. The van der Waals surface area contributed by atoms with E-state index in [0.29, 0.717) is 19.0 Å². The van der Waals surface area contributed by atoms with E-state index < -0.39 is 5.60 Å². The van der Waals surface area contributed by atoms with Gasteiger partial charge in [-0.25, -0.2) is 4.79 Å². The third kappa shape index (κ3) is 7.44. The summed E-state index contributed by atoms with van der Waals surface area (Å²) < 4.78 is 18.1. The zero-order chi connectivity index (χ0) is 29.2. The average Bonchev–Trinajstić information content (AvgIpc) is 2.92. The molecule has 2 atom stereocenters. The van der Waals surface area contributed by atoms with Gasteiger partial charge in [0.05, 0.1) is 0 Å². The summed E-state index contributed by atoms with van der Waals surface area (Å²) in [5.41, 5.74) is 4.74. The molecule has 2 aliphatic rings. The molecule has 0 N–H and O–H groups in total. The predicted octanol–water partition coefficient (Wildman–Crippen LogP) is 8.50. The van der Waals surface area contributed by atoms with Gasteiger partial charge in [-0.05, 0) is 107 Å². The normalized spacial score (nSPS) is 19.8. The van der Waals surface area contributed by atoms with Gasteiger partial charge in [0.2, 0.25) is 0 Å². The molecule has 1 amide bonds. The number of hydrogen-bond donors (Lipinski definition) is 0. The van der Waals surface area contributed by atoms with Gasteiger partial charge in [0.25, 0.3) is 0 Å². The highest BCUT2D eigenvalue weighted by atomic mass is 16.6. The van der Waals surface area contributed by atoms with Crippen molar-refractivity contribution in [2.75, 3.05) is 13.1 Å². The van der Waals surface area contributed by atoms with E-state index in [9.17, 15) is 4.79 Å². The summed E-state index contributed by atoms with van der Waals surface area (Å²) in [6, 6.07) is 26.3. The molecule has 1 saturated heterocycles. The number of carbonyl (C=O) groups excluding carboxylic acids is 1. The number of amides is 1. The van der Waals surface area contributed by atoms with Crippen LogP contribution in [-0.4, -0.2) is 41.4 Å². The minimum Gasteiger partial charge on any atom is -0.490 e. The number of aryl methyl sites for hydroxylation is 1. The Morgan fingerprint density at radius 1 is 0.756 bits per heavy atom. The highest BCUT2D eigenvalue weighted by molar-refractivity contribution is 5.68.